The Balaban J connectivity index is 0.00000280. The van der Waals surface area contributed by atoms with Gasteiger partial charge in [-0.15, -0.1) is 24.0 Å². The number of guanidine groups is 1. The molecule has 152 valence electrons. The van der Waals surface area contributed by atoms with Crippen molar-refractivity contribution in [1.29, 1.82) is 0 Å². The molecule has 0 spiro atoms. The number of aromatic nitrogens is 2. The molecule has 28 heavy (non-hydrogen) atoms. The third kappa shape index (κ3) is 5.44. The van der Waals surface area contributed by atoms with E-state index in [2.05, 4.69) is 20.4 Å². The highest BCUT2D eigenvalue weighted by Gasteiger charge is 2.15. The molecule has 2 heterocycles. The number of furan rings is 1. The SMILES string of the molecule is CCOC(C)c1noc(CNC(=NC)N(C)Cc2cc3ccccc3o2)n1.I. The van der Waals surface area contributed by atoms with E-state index in [0.29, 0.717) is 37.4 Å². The molecular formula is C19H26IN5O3. The second-order valence-electron chi connectivity index (χ2n) is 6.15. The molecule has 0 saturated carbocycles. The molecule has 0 saturated heterocycles. The van der Waals surface area contributed by atoms with Gasteiger partial charge in [-0.1, -0.05) is 23.4 Å². The number of nitrogens with one attached hydrogen (secondary N) is 1. The van der Waals surface area contributed by atoms with Crippen LogP contribution < -0.4 is 5.32 Å². The molecule has 0 aliphatic carbocycles. The average Bonchev–Trinajstić information content (AvgIpc) is 3.28. The summed E-state index contributed by atoms with van der Waals surface area (Å²) in [5, 5.41) is 8.27. The first-order valence-electron chi connectivity index (χ1n) is 8.94. The van der Waals surface area contributed by atoms with Crippen molar-refractivity contribution < 1.29 is 13.7 Å². The average molecular weight is 499 g/mol. The van der Waals surface area contributed by atoms with Crippen molar-refractivity contribution in [3.05, 3.63) is 47.8 Å². The molecule has 0 fully saturated rings. The number of rotatable bonds is 7. The van der Waals surface area contributed by atoms with E-state index in [1.165, 1.54) is 0 Å². The summed E-state index contributed by atoms with van der Waals surface area (Å²) in [7, 11) is 3.67. The Morgan fingerprint density at radius 3 is 2.86 bits per heavy atom. The van der Waals surface area contributed by atoms with Crippen LogP contribution in [0.1, 0.15) is 37.4 Å². The van der Waals surface area contributed by atoms with Gasteiger partial charge in [-0.3, -0.25) is 4.99 Å². The molecule has 2 aromatic heterocycles. The van der Waals surface area contributed by atoms with E-state index < -0.39 is 0 Å². The molecule has 0 amide bonds. The predicted molar refractivity (Wildman–Crippen MR) is 118 cm³/mol. The Labute approximate surface area is 181 Å². The Hall–Kier alpha value is -2.14. The summed E-state index contributed by atoms with van der Waals surface area (Å²) >= 11 is 0. The van der Waals surface area contributed by atoms with Gasteiger partial charge >= 0.3 is 0 Å². The molecule has 0 aliphatic heterocycles. The number of nitrogens with zero attached hydrogens (tertiary/aromatic N) is 4. The molecular weight excluding hydrogens is 473 g/mol. The minimum atomic E-state index is -0.192. The van der Waals surface area contributed by atoms with Gasteiger partial charge in [-0.25, -0.2) is 0 Å². The Bertz CT molecular complexity index is 875. The number of ether oxygens (including phenoxy) is 1. The first-order chi connectivity index (χ1) is 13.1. The molecule has 0 aliphatic rings. The van der Waals surface area contributed by atoms with Crippen LogP contribution in [0, 0.1) is 0 Å². The van der Waals surface area contributed by atoms with Crippen LogP contribution in [0.15, 0.2) is 44.3 Å². The molecule has 8 nitrogen and oxygen atoms in total. The number of para-hydroxylation sites is 1. The maximum absolute atomic E-state index is 5.87. The van der Waals surface area contributed by atoms with Crippen LogP contribution in [-0.2, 0) is 17.8 Å². The summed E-state index contributed by atoms with van der Waals surface area (Å²) in [5.74, 6) is 2.59. The molecule has 1 N–H and O–H groups in total. The highest BCUT2D eigenvalue weighted by Crippen LogP contribution is 2.19. The Morgan fingerprint density at radius 2 is 2.14 bits per heavy atom. The van der Waals surface area contributed by atoms with Crippen molar-refractivity contribution in [1.82, 2.24) is 20.4 Å². The van der Waals surface area contributed by atoms with Gasteiger partial charge in [0.05, 0.1) is 13.1 Å². The summed E-state index contributed by atoms with van der Waals surface area (Å²) < 4.78 is 16.6. The molecule has 3 rings (SSSR count). The highest BCUT2D eigenvalue weighted by atomic mass is 127. The molecule has 3 aromatic rings. The van der Waals surface area contributed by atoms with Crippen molar-refractivity contribution in [2.45, 2.75) is 33.0 Å². The fourth-order valence-corrected chi connectivity index (χ4v) is 2.79. The van der Waals surface area contributed by atoms with Gasteiger partial charge in [0.1, 0.15) is 17.4 Å². The van der Waals surface area contributed by atoms with Gasteiger partial charge in [0.25, 0.3) is 0 Å². The quantitative estimate of drug-likeness (QED) is 0.301. The van der Waals surface area contributed by atoms with Crippen molar-refractivity contribution in [2.75, 3.05) is 20.7 Å². The minimum absolute atomic E-state index is 0. The highest BCUT2D eigenvalue weighted by molar-refractivity contribution is 14.0. The number of benzene rings is 1. The van der Waals surface area contributed by atoms with Crippen molar-refractivity contribution in [3.8, 4) is 0 Å². The second kappa shape index (κ2) is 10.4. The van der Waals surface area contributed by atoms with Crippen molar-refractivity contribution >= 4 is 40.9 Å². The molecule has 1 unspecified atom stereocenters. The Morgan fingerprint density at radius 1 is 1.36 bits per heavy atom. The normalized spacial score (nSPS) is 12.6. The first kappa shape index (κ1) is 22.2. The fourth-order valence-electron chi connectivity index (χ4n) is 2.79. The standard InChI is InChI=1S/C19H25N5O3.HI/c1-5-25-13(2)18-22-17(27-23-18)11-21-19(20-3)24(4)12-15-10-14-8-6-7-9-16(14)26-15;/h6-10,13H,5,11-12H2,1-4H3,(H,20,21);1H. The summed E-state index contributed by atoms with van der Waals surface area (Å²) in [6.45, 7) is 5.39. The topological polar surface area (TPSA) is 88.9 Å². The molecule has 1 atom stereocenters. The van der Waals surface area contributed by atoms with Crippen LogP contribution in [0.25, 0.3) is 11.0 Å². The smallest absolute Gasteiger partial charge is 0.246 e. The van der Waals surface area contributed by atoms with E-state index in [1.807, 2.05) is 56.1 Å². The monoisotopic (exact) mass is 499 g/mol. The maximum Gasteiger partial charge on any atom is 0.246 e. The van der Waals surface area contributed by atoms with Gasteiger partial charge in [-0.2, -0.15) is 4.98 Å². The van der Waals surface area contributed by atoms with Gasteiger partial charge in [0.15, 0.2) is 11.8 Å². The van der Waals surface area contributed by atoms with Crippen molar-refractivity contribution in [3.63, 3.8) is 0 Å². The second-order valence-corrected chi connectivity index (χ2v) is 6.15. The number of hydrogen-bond donors (Lipinski definition) is 1. The summed E-state index contributed by atoms with van der Waals surface area (Å²) in [6, 6.07) is 9.99. The lowest BCUT2D eigenvalue weighted by Gasteiger charge is -2.20. The predicted octanol–water partition coefficient (Wildman–Crippen LogP) is 3.74. The zero-order valence-corrected chi connectivity index (χ0v) is 18.8. The van der Waals surface area contributed by atoms with E-state index in [1.54, 1.807) is 7.05 Å². The lowest BCUT2D eigenvalue weighted by Crippen LogP contribution is -2.38. The minimum Gasteiger partial charge on any atom is -0.459 e. The van der Waals surface area contributed by atoms with E-state index in [-0.39, 0.29) is 30.1 Å². The van der Waals surface area contributed by atoms with Crippen LogP contribution in [0.3, 0.4) is 0 Å². The van der Waals surface area contributed by atoms with Crippen LogP contribution in [-0.4, -0.2) is 41.7 Å². The van der Waals surface area contributed by atoms with Gasteiger partial charge in [-0.05, 0) is 26.0 Å². The summed E-state index contributed by atoms with van der Waals surface area (Å²) in [6.07, 6.45) is -0.192. The number of fused-ring (bicyclic) bond motifs is 1. The summed E-state index contributed by atoms with van der Waals surface area (Å²) in [5.41, 5.74) is 0.880. The largest absolute Gasteiger partial charge is 0.459 e. The molecule has 0 radical (unpaired) electrons. The Kier molecular flexibility index (Phi) is 8.24. The number of hydrogen-bond acceptors (Lipinski definition) is 6. The third-order valence-electron chi connectivity index (χ3n) is 4.10. The maximum atomic E-state index is 5.87. The zero-order valence-electron chi connectivity index (χ0n) is 16.5. The van der Waals surface area contributed by atoms with E-state index in [0.717, 1.165) is 16.7 Å². The van der Waals surface area contributed by atoms with Gasteiger partial charge in [0, 0.05) is 26.1 Å². The number of aliphatic imine (C=N–C) groups is 1. The number of halogens is 1. The fraction of sp³-hybridized carbons (Fsp3) is 0.421. The van der Waals surface area contributed by atoms with Crippen molar-refractivity contribution in [2.24, 2.45) is 4.99 Å². The van der Waals surface area contributed by atoms with Gasteiger partial charge in [0.2, 0.25) is 5.89 Å². The lowest BCUT2D eigenvalue weighted by atomic mass is 10.2. The summed E-state index contributed by atoms with van der Waals surface area (Å²) in [4.78, 5) is 10.6. The van der Waals surface area contributed by atoms with Gasteiger partial charge < -0.3 is 23.9 Å². The van der Waals surface area contributed by atoms with E-state index >= 15 is 0 Å². The molecule has 1 aromatic carbocycles. The first-order valence-corrected chi connectivity index (χ1v) is 8.94. The van der Waals surface area contributed by atoms with Crippen LogP contribution in [0.4, 0.5) is 0 Å². The van der Waals surface area contributed by atoms with Crippen LogP contribution >= 0.6 is 24.0 Å². The molecule has 9 heteroatoms. The van der Waals surface area contributed by atoms with E-state index in [4.69, 9.17) is 13.7 Å². The van der Waals surface area contributed by atoms with E-state index in [9.17, 15) is 0 Å². The molecule has 0 bridgehead atoms. The third-order valence-corrected chi connectivity index (χ3v) is 4.10. The van der Waals surface area contributed by atoms with Crippen LogP contribution in [0.5, 0.6) is 0 Å². The van der Waals surface area contributed by atoms with Crippen LogP contribution in [0.2, 0.25) is 0 Å². The lowest BCUT2D eigenvalue weighted by molar-refractivity contribution is 0.0683. The zero-order chi connectivity index (χ0) is 19.2.